The van der Waals surface area contributed by atoms with Crippen LogP contribution in [0.1, 0.15) is 46.0 Å². The standard InChI is InChI=1S/C13H28N2O/c1-3-8-14-13(2,12-16)7-6-11-15-9-4-5-10-15/h14,16H,3-12H2,1-2H3. The summed E-state index contributed by atoms with van der Waals surface area (Å²) in [5.41, 5.74) is -0.0737. The van der Waals surface area contributed by atoms with E-state index in [1.807, 2.05) is 0 Å². The number of hydrogen-bond donors (Lipinski definition) is 2. The van der Waals surface area contributed by atoms with Crippen molar-refractivity contribution < 1.29 is 5.11 Å². The predicted molar refractivity (Wildman–Crippen MR) is 68.7 cm³/mol. The third-order valence-electron chi connectivity index (χ3n) is 3.55. The van der Waals surface area contributed by atoms with Crippen molar-refractivity contribution in [3.63, 3.8) is 0 Å². The highest BCUT2D eigenvalue weighted by Crippen LogP contribution is 2.14. The molecule has 2 N–H and O–H groups in total. The topological polar surface area (TPSA) is 35.5 Å². The highest BCUT2D eigenvalue weighted by atomic mass is 16.3. The third-order valence-corrected chi connectivity index (χ3v) is 3.55. The zero-order valence-corrected chi connectivity index (χ0v) is 11.0. The number of aliphatic hydroxyl groups excluding tert-OH is 1. The molecule has 3 heteroatoms. The average molecular weight is 228 g/mol. The van der Waals surface area contributed by atoms with Crippen LogP contribution < -0.4 is 5.32 Å². The molecule has 1 aliphatic rings. The van der Waals surface area contributed by atoms with Crippen molar-refractivity contribution in [2.75, 3.05) is 32.8 Å². The molecule has 0 bridgehead atoms. The zero-order valence-electron chi connectivity index (χ0n) is 11.0. The van der Waals surface area contributed by atoms with E-state index >= 15 is 0 Å². The molecule has 0 saturated carbocycles. The quantitative estimate of drug-likeness (QED) is 0.662. The van der Waals surface area contributed by atoms with Gasteiger partial charge < -0.3 is 15.3 Å². The molecule has 1 atom stereocenters. The van der Waals surface area contributed by atoms with Gasteiger partial charge in [0.05, 0.1) is 6.61 Å². The molecule has 1 fully saturated rings. The van der Waals surface area contributed by atoms with Crippen molar-refractivity contribution in [2.24, 2.45) is 0 Å². The Hall–Kier alpha value is -0.120. The molecule has 0 aliphatic carbocycles. The Morgan fingerprint density at radius 3 is 2.56 bits per heavy atom. The molecule has 0 amide bonds. The van der Waals surface area contributed by atoms with Gasteiger partial charge in [0, 0.05) is 5.54 Å². The molecule has 1 saturated heterocycles. The SMILES string of the molecule is CCCNC(C)(CO)CCCN1CCCC1. The van der Waals surface area contributed by atoms with Crippen molar-refractivity contribution in [3.05, 3.63) is 0 Å². The highest BCUT2D eigenvalue weighted by molar-refractivity contribution is 4.82. The molecule has 0 aromatic carbocycles. The van der Waals surface area contributed by atoms with Crippen LogP contribution in [-0.2, 0) is 0 Å². The lowest BCUT2D eigenvalue weighted by molar-refractivity contribution is 0.159. The minimum atomic E-state index is -0.0737. The van der Waals surface area contributed by atoms with Gasteiger partial charge in [-0.05, 0) is 65.2 Å². The van der Waals surface area contributed by atoms with Crippen LogP contribution in [0.3, 0.4) is 0 Å². The molecule has 0 radical (unpaired) electrons. The number of nitrogens with zero attached hydrogens (tertiary/aromatic N) is 1. The van der Waals surface area contributed by atoms with Crippen LogP contribution in [0, 0.1) is 0 Å². The van der Waals surface area contributed by atoms with Gasteiger partial charge in [-0.15, -0.1) is 0 Å². The first-order valence-corrected chi connectivity index (χ1v) is 6.78. The largest absolute Gasteiger partial charge is 0.394 e. The Bertz CT molecular complexity index is 181. The van der Waals surface area contributed by atoms with Crippen LogP contribution in [0.4, 0.5) is 0 Å². The fourth-order valence-electron chi connectivity index (χ4n) is 2.35. The first-order valence-electron chi connectivity index (χ1n) is 6.78. The molecule has 1 unspecified atom stereocenters. The summed E-state index contributed by atoms with van der Waals surface area (Å²) in [7, 11) is 0. The monoisotopic (exact) mass is 228 g/mol. The summed E-state index contributed by atoms with van der Waals surface area (Å²) < 4.78 is 0. The van der Waals surface area contributed by atoms with Crippen LogP contribution in [0.5, 0.6) is 0 Å². The fraction of sp³-hybridized carbons (Fsp3) is 1.00. The normalized spacial score (nSPS) is 21.2. The number of likely N-dealkylation sites (tertiary alicyclic amines) is 1. The molecule has 3 nitrogen and oxygen atoms in total. The van der Waals surface area contributed by atoms with Crippen LogP contribution in [0.2, 0.25) is 0 Å². The van der Waals surface area contributed by atoms with Gasteiger partial charge in [0.1, 0.15) is 0 Å². The van der Waals surface area contributed by atoms with Crippen LogP contribution in [0.25, 0.3) is 0 Å². The van der Waals surface area contributed by atoms with Gasteiger partial charge in [0.15, 0.2) is 0 Å². The lowest BCUT2D eigenvalue weighted by Gasteiger charge is -2.29. The van der Waals surface area contributed by atoms with Gasteiger partial charge in [-0.3, -0.25) is 0 Å². The molecule has 0 aromatic heterocycles. The van der Waals surface area contributed by atoms with E-state index < -0.39 is 0 Å². The van der Waals surface area contributed by atoms with Gasteiger partial charge >= 0.3 is 0 Å². The van der Waals surface area contributed by atoms with Crippen LogP contribution >= 0.6 is 0 Å². The first kappa shape index (κ1) is 13.9. The van der Waals surface area contributed by atoms with Gasteiger partial charge in [-0.1, -0.05) is 6.92 Å². The Morgan fingerprint density at radius 1 is 1.31 bits per heavy atom. The lowest BCUT2D eigenvalue weighted by Crippen LogP contribution is -2.46. The minimum absolute atomic E-state index is 0.0737. The molecule has 0 aromatic rings. The van der Waals surface area contributed by atoms with E-state index in [2.05, 4.69) is 24.1 Å². The molecule has 1 aliphatic heterocycles. The maximum atomic E-state index is 9.43. The fourth-order valence-corrected chi connectivity index (χ4v) is 2.35. The summed E-state index contributed by atoms with van der Waals surface area (Å²) in [5, 5.41) is 12.9. The van der Waals surface area contributed by atoms with E-state index in [1.54, 1.807) is 0 Å². The van der Waals surface area contributed by atoms with E-state index in [1.165, 1.54) is 38.9 Å². The number of rotatable bonds is 8. The summed E-state index contributed by atoms with van der Waals surface area (Å²) in [4.78, 5) is 2.54. The zero-order chi connectivity index (χ0) is 11.9. The van der Waals surface area contributed by atoms with Gasteiger partial charge in [0.25, 0.3) is 0 Å². The van der Waals surface area contributed by atoms with E-state index in [0.29, 0.717) is 0 Å². The van der Waals surface area contributed by atoms with E-state index in [-0.39, 0.29) is 12.1 Å². The van der Waals surface area contributed by atoms with Crippen molar-refractivity contribution in [1.82, 2.24) is 10.2 Å². The summed E-state index contributed by atoms with van der Waals surface area (Å²) in [6.07, 6.45) is 6.12. The van der Waals surface area contributed by atoms with Crippen LogP contribution in [-0.4, -0.2) is 48.3 Å². The number of aliphatic hydroxyl groups is 1. The predicted octanol–water partition coefficient (Wildman–Crippen LogP) is 1.61. The first-order chi connectivity index (χ1) is 7.70. The molecule has 0 spiro atoms. The average Bonchev–Trinajstić information content (AvgIpc) is 2.79. The summed E-state index contributed by atoms with van der Waals surface area (Å²) in [6.45, 7) is 9.29. The van der Waals surface area contributed by atoms with Crippen molar-refractivity contribution in [3.8, 4) is 0 Å². The van der Waals surface area contributed by atoms with E-state index in [0.717, 1.165) is 19.4 Å². The Kier molecular flexibility index (Phi) is 6.32. The van der Waals surface area contributed by atoms with Crippen molar-refractivity contribution >= 4 is 0 Å². The second-order valence-electron chi connectivity index (χ2n) is 5.30. The van der Waals surface area contributed by atoms with E-state index in [9.17, 15) is 5.11 Å². The highest BCUT2D eigenvalue weighted by Gasteiger charge is 2.22. The molecule has 96 valence electrons. The molecule has 16 heavy (non-hydrogen) atoms. The Labute approximate surface area is 100 Å². The van der Waals surface area contributed by atoms with Gasteiger partial charge in [-0.2, -0.15) is 0 Å². The molecular formula is C13H28N2O. The third kappa shape index (κ3) is 4.81. The summed E-state index contributed by atoms with van der Waals surface area (Å²) in [5.74, 6) is 0. The number of nitrogens with one attached hydrogen (secondary N) is 1. The number of hydrogen-bond acceptors (Lipinski definition) is 3. The smallest absolute Gasteiger partial charge is 0.0610 e. The Morgan fingerprint density at radius 2 is 2.00 bits per heavy atom. The Balaban J connectivity index is 2.16. The maximum Gasteiger partial charge on any atom is 0.0610 e. The van der Waals surface area contributed by atoms with Gasteiger partial charge in [-0.25, -0.2) is 0 Å². The molecule has 1 rings (SSSR count). The summed E-state index contributed by atoms with van der Waals surface area (Å²) in [6, 6.07) is 0. The maximum absolute atomic E-state index is 9.43. The lowest BCUT2D eigenvalue weighted by atomic mass is 9.96. The van der Waals surface area contributed by atoms with Crippen molar-refractivity contribution in [1.29, 1.82) is 0 Å². The van der Waals surface area contributed by atoms with Gasteiger partial charge in [0.2, 0.25) is 0 Å². The minimum Gasteiger partial charge on any atom is -0.394 e. The summed E-state index contributed by atoms with van der Waals surface area (Å²) >= 11 is 0. The molecular weight excluding hydrogens is 200 g/mol. The van der Waals surface area contributed by atoms with Crippen LogP contribution in [0.15, 0.2) is 0 Å². The second kappa shape index (κ2) is 7.25. The van der Waals surface area contributed by atoms with Crippen molar-refractivity contribution in [2.45, 2.75) is 51.5 Å². The second-order valence-corrected chi connectivity index (χ2v) is 5.30. The van der Waals surface area contributed by atoms with E-state index in [4.69, 9.17) is 0 Å². The molecule has 1 heterocycles.